The zero-order chi connectivity index (χ0) is 17.9. The predicted molar refractivity (Wildman–Crippen MR) is 96.6 cm³/mol. The van der Waals surface area contributed by atoms with Gasteiger partial charge in [0.05, 0.1) is 11.5 Å². The Kier molecular flexibility index (Phi) is 6.61. The number of aryl methyl sites for hydroxylation is 1. The SMILES string of the molecule is Cc1ccc(S(=O)(=O)OC[C@H](C)CO[Si](C)(C)C(C)(C)C)cc1. The van der Waals surface area contributed by atoms with Gasteiger partial charge >= 0.3 is 0 Å². The van der Waals surface area contributed by atoms with Crippen LogP contribution < -0.4 is 0 Å². The highest BCUT2D eigenvalue weighted by atomic mass is 32.2. The average molecular weight is 359 g/mol. The normalized spacial score (nSPS) is 14.7. The number of hydrogen-bond donors (Lipinski definition) is 0. The molecular weight excluding hydrogens is 328 g/mol. The van der Waals surface area contributed by atoms with Gasteiger partial charge in [-0.25, -0.2) is 0 Å². The van der Waals surface area contributed by atoms with Crippen LogP contribution in [-0.4, -0.2) is 29.9 Å². The van der Waals surface area contributed by atoms with Crippen molar-refractivity contribution in [2.45, 2.75) is 57.6 Å². The van der Waals surface area contributed by atoms with E-state index in [0.717, 1.165) is 5.56 Å². The Bertz CT molecular complexity index is 600. The van der Waals surface area contributed by atoms with Crippen molar-refractivity contribution < 1.29 is 17.0 Å². The lowest BCUT2D eigenvalue weighted by atomic mass is 10.2. The van der Waals surface area contributed by atoms with Crippen molar-refractivity contribution in [3.8, 4) is 0 Å². The summed E-state index contributed by atoms with van der Waals surface area (Å²) in [6.07, 6.45) is 0. The van der Waals surface area contributed by atoms with Crippen molar-refractivity contribution in [1.29, 1.82) is 0 Å². The second-order valence-corrected chi connectivity index (χ2v) is 14.2. The smallest absolute Gasteiger partial charge is 0.296 e. The molecule has 1 atom stereocenters. The van der Waals surface area contributed by atoms with Crippen LogP contribution in [0.15, 0.2) is 29.2 Å². The molecule has 0 aliphatic heterocycles. The fourth-order valence-electron chi connectivity index (χ4n) is 1.59. The van der Waals surface area contributed by atoms with E-state index in [9.17, 15) is 8.42 Å². The summed E-state index contributed by atoms with van der Waals surface area (Å²) < 4.78 is 35.6. The minimum absolute atomic E-state index is 0.0179. The highest BCUT2D eigenvalue weighted by Gasteiger charge is 2.37. The van der Waals surface area contributed by atoms with Crippen LogP contribution in [0.3, 0.4) is 0 Å². The van der Waals surface area contributed by atoms with Crippen LogP contribution in [0.25, 0.3) is 0 Å². The molecule has 1 aromatic rings. The van der Waals surface area contributed by atoms with Crippen LogP contribution in [0.4, 0.5) is 0 Å². The Morgan fingerprint density at radius 2 is 1.61 bits per heavy atom. The average Bonchev–Trinajstić information content (AvgIpc) is 2.42. The van der Waals surface area contributed by atoms with Crippen molar-refractivity contribution in [1.82, 2.24) is 0 Å². The number of hydrogen-bond acceptors (Lipinski definition) is 4. The summed E-state index contributed by atoms with van der Waals surface area (Å²) in [5.41, 5.74) is 1.01. The van der Waals surface area contributed by atoms with Crippen molar-refractivity contribution in [2.24, 2.45) is 5.92 Å². The van der Waals surface area contributed by atoms with Crippen molar-refractivity contribution in [3.05, 3.63) is 29.8 Å². The summed E-state index contributed by atoms with van der Waals surface area (Å²) in [4.78, 5) is 0.195. The molecule has 0 aliphatic rings. The summed E-state index contributed by atoms with van der Waals surface area (Å²) in [6.45, 7) is 15.4. The maximum absolute atomic E-state index is 12.2. The van der Waals surface area contributed by atoms with Gasteiger partial charge in [-0.05, 0) is 37.2 Å². The van der Waals surface area contributed by atoms with E-state index in [0.29, 0.717) is 6.61 Å². The van der Waals surface area contributed by atoms with Crippen molar-refractivity contribution in [3.63, 3.8) is 0 Å². The van der Waals surface area contributed by atoms with Crippen LogP contribution in [0, 0.1) is 12.8 Å². The lowest BCUT2D eigenvalue weighted by Gasteiger charge is -2.36. The summed E-state index contributed by atoms with van der Waals surface area (Å²) >= 11 is 0. The van der Waals surface area contributed by atoms with Crippen LogP contribution in [-0.2, 0) is 18.7 Å². The Morgan fingerprint density at radius 1 is 1.09 bits per heavy atom. The first-order valence-corrected chi connectivity index (χ1v) is 12.3. The second-order valence-electron chi connectivity index (χ2n) is 7.73. The van der Waals surface area contributed by atoms with Gasteiger partial charge in [-0.15, -0.1) is 0 Å². The minimum Gasteiger partial charge on any atom is -0.416 e. The molecule has 4 nitrogen and oxygen atoms in total. The molecular formula is C17H30O4SSi. The maximum Gasteiger partial charge on any atom is 0.296 e. The molecule has 132 valence electrons. The second kappa shape index (κ2) is 7.47. The van der Waals surface area contributed by atoms with E-state index in [1.165, 1.54) is 0 Å². The molecule has 1 aromatic carbocycles. The lowest BCUT2D eigenvalue weighted by Crippen LogP contribution is -2.42. The molecule has 0 unspecified atom stereocenters. The third-order valence-electron chi connectivity index (χ3n) is 4.35. The molecule has 0 fully saturated rings. The quantitative estimate of drug-likeness (QED) is 0.537. The van der Waals surface area contributed by atoms with Crippen LogP contribution in [0.1, 0.15) is 33.3 Å². The van der Waals surface area contributed by atoms with Crippen LogP contribution in [0.2, 0.25) is 18.1 Å². The first kappa shape index (κ1) is 20.4. The van der Waals surface area contributed by atoms with E-state index in [2.05, 4.69) is 33.9 Å². The fourth-order valence-corrected chi connectivity index (χ4v) is 3.75. The molecule has 0 amide bonds. The molecule has 0 saturated heterocycles. The Labute approximate surface area is 142 Å². The molecule has 0 aromatic heterocycles. The fraction of sp³-hybridized carbons (Fsp3) is 0.647. The predicted octanol–water partition coefficient (Wildman–Crippen LogP) is 4.36. The van der Waals surface area contributed by atoms with Gasteiger partial charge in [0, 0.05) is 12.5 Å². The molecule has 0 heterocycles. The highest BCUT2D eigenvalue weighted by Crippen LogP contribution is 2.36. The van der Waals surface area contributed by atoms with Gasteiger partial charge in [-0.1, -0.05) is 45.4 Å². The molecule has 0 saturated carbocycles. The topological polar surface area (TPSA) is 52.6 Å². The maximum atomic E-state index is 12.2. The standard InChI is InChI=1S/C17H30O4SSi/c1-14-8-10-16(11-9-14)22(18,19)20-12-15(2)13-21-23(6,7)17(3,4)5/h8-11,15H,12-13H2,1-7H3/t15-/m0/s1. The highest BCUT2D eigenvalue weighted by molar-refractivity contribution is 7.86. The van der Waals surface area contributed by atoms with Gasteiger partial charge in [0.2, 0.25) is 0 Å². The van der Waals surface area contributed by atoms with Crippen LogP contribution >= 0.6 is 0 Å². The summed E-state index contributed by atoms with van der Waals surface area (Å²) in [6, 6.07) is 6.67. The summed E-state index contributed by atoms with van der Waals surface area (Å²) in [5.74, 6) is 0.0179. The third-order valence-corrected chi connectivity index (χ3v) is 10.1. The van der Waals surface area contributed by atoms with Gasteiger partial charge < -0.3 is 4.43 Å². The van der Waals surface area contributed by atoms with E-state index in [-0.39, 0.29) is 22.5 Å². The molecule has 0 aliphatic carbocycles. The van der Waals surface area contributed by atoms with E-state index in [4.69, 9.17) is 8.61 Å². The van der Waals surface area contributed by atoms with Crippen LogP contribution in [0.5, 0.6) is 0 Å². The molecule has 0 N–H and O–H groups in total. The summed E-state index contributed by atoms with van der Waals surface area (Å²) in [7, 11) is -5.52. The monoisotopic (exact) mass is 358 g/mol. The Morgan fingerprint density at radius 3 is 2.09 bits per heavy atom. The van der Waals surface area contributed by atoms with E-state index < -0.39 is 18.4 Å². The van der Waals surface area contributed by atoms with Gasteiger partial charge in [-0.3, -0.25) is 4.18 Å². The molecule has 0 spiro atoms. The summed E-state index contributed by atoms with van der Waals surface area (Å²) in [5, 5.41) is 0.140. The van der Waals surface area contributed by atoms with Crippen molar-refractivity contribution >= 4 is 18.4 Å². The zero-order valence-corrected chi connectivity index (χ0v) is 17.2. The third kappa shape index (κ3) is 6.03. The van der Waals surface area contributed by atoms with E-state index in [1.807, 2.05) is 13.8 Å². The van der Waals surface area contributed by atoms with E-state index >= 15 is 0 Å². The van der Waals surface area contributed by atoms with Gasteiger partial charge in [-0.2, -0.15) is 8.42 Å². The first-order valence-electron chi connectivity index (χ1n) is 7.95. The molecule has 23 heavy (non-hydrogen) atoms. The van der Waals surface area contributed by atoms with E-state index in [1.54, 1.807) is 24.3 Å². The van der Waals surface area contributed by atoms with Gasteiger partial charge in [0.15, 0.2) is 8.32 Å². The molecule has 6 heteroatoms. The zero-order valence-electron chi connectivity index (χ0n) is 15.3. The van der Waals surface area contributed by atoms with Gasteiger partial charge in [0.1, 0.15) is 0 Å². The molecule has 0 radical (unpaired) electrons. The molecule has 0 bridgehead atoms. The Hall–Kier alpha value is -0.693. The first-order chi connectivity index (χ1) is 10.3. The Balaban J connectivity index is 2.56. The lowest BCUT2D eigenvalue weighted by molar-refractivity contribution is 0.181. The van der Waals surface area contributed by atoms with Gasteiger partial charge in [0.25, 0.3) is 10.1 Å². The van der Waals surface area contributed by atoms with Crippen molar-refractivity contribution in [2.75, 3.05) is 13.2 Å². The molecule has 1 rings (SSSR count). The number of rotatable bonds is 7. The minimum atomic E-state index is -3.70. The number of benzene rings is 1. The largest absolute Gasteiger partial charge is 0.416 e.